The summed E-state index contributed by atoms with van der Waals surface area (Å²) in [4.78, 5) is 27.3. The number of pyridine rings is 1. The first kappa shape index (κ1) is 16.0. The summed E-state index contributed by atoms with van der Waals surface area (Å²) < 4.78 is 5.56. The lowest BCUT2D eigenvalue weighted by Gasteiger charge is -2.18. The molecule has 1 unspecified atom stereocenters. The molecule has 2 aromatic rings. The number of fused-ring (bicyclic) bond motifs is 1. The van der Waals surface area contributed by atoms with Crippen molar-refractivity contribution < 1.29 is 14.3 Å². The number of hydrogen-bond donors (Lipinski definition) is 2. The molecule has 0 fully saturated rings. The lowest BCUT2D eigenvalue weighted by molar-refractivity contribution is -0.123. The van der Waals surface area contributed by atoms with Crippen molar-refractivity contribution in [3.05, 3.63) is 53.9 Å². The number of aromatic nitrogens is 1. The molecule has 1 aromatic carbocycles. The summed E-state index contributed by atoms with van der Waals surface area (Å²) in [6, 6.07) is 9.05. The largest absolute Gasteiger partial charge is 0.484 e. The first-order chi connectivity index (χ1) is 11.6. The van der Waals surface area contributed by atoms with Crippen LogP contribution >= 0.6 is 0 Å². The van der Waals surface area contributed by atoms with Crippen LogP contribution in [0.3, 0.4) is 0 Å². The summed E-state index contributed by atoms with van der Waals surface area (Å²) in [6.45, 7) is 1.86. The molecule has 1 atom stereocenters. The molecule has 1 aromatic heterocycles. The minimum atomic E-state index is -0.190. The number of nitrogens with one attached hydrogen (secondary N) is 2. The zero-order valence-corrected chi connectivity index (χ0v) is 13.4. The molecule has 0 saturated heterocycles. The molecule has 2 N–H and O–H groups in total. The lowest BCUT2D eigenvalue weighted by Crippen LogP contribution is -2.31. The summed E-state index contributed by atoms with van der Waals surface area (Å²) in [5, 5.41) is 5.70. The number of rotatable bonds is 5. The second kappa shape index (κ2) is 7.12. The molecule has 0 spiro atoms. The molecule has 6 heteroatoms. The highest BCUT2D eigenvalue weighted by atomic mass is 16.5. The Labute approximate surface area is 140 Å². The molecule has 24 heavy (non-hydrogen) atoms. The van der Waals surface area contributed by atoms with E-state index in [0.717, 1.165) is 16.8 Å². The van der Waals surface area contributed by atoms with Gasteiger partial charge in [0.15, 0.2) is 6.61 Å². The van der Waals surface area contributed by atoms with Crippen molar-refractivity contribution in [1.82, 2.24) is 10.3 Å². The average molecular weight is 325 g/mol. The van der Waals surface area contributed by atoms with Gasteiger partial charge in [0.25, 0.3) is 5.91 Å². The highest BCUT2D eigenvalue weighted by molar-refractivity contribution is 5.94. The van der Waals surface area contributed by atoms with Crippen molar-refractivity contribution in [3.8, 4) is 5.75 Å². The van der Waals surface area contributed by atoms with Crippen molar-refractivity contribution in [2.24, 2.45) is 0 Å². The SMILES string of the molecule is CC(NC(=O)COc1ccc2c(c1)CCC(=O)N2)c1ccncc1. The number of ether oxygens (including phenoxy) is 1. The first-order valence-corrected chi connectivity index (χ1v) is 7.86. The predicted molar refractivity (Wildman–Crippen MR) is 89.7 cm³/mol. The quantitative estimate of drug-likeness (QED) is 0.883. The Balaban J connectivity index is 1.54. The maximum atomic E-state index is 12.0. The molecule has 2 heterocycles. The highest BCUT2D eigenvalue weighted by Gasteiger charge is 2.15. The number of amides is 2. The van der Waals surface area contributed by atoms with Gasteiger partial charge in [-0.15, -0.1) is 0 Å². The second-order valence-corrected chi connectivity index (χ2v) is 5.73. The van der Waals surface area contributed by atoms with E-state index in [0.29, 0.717) is 18.6 Å². The van der Waals surface area contributed by atoms with Crippen LogP contribution in [0.15, 0.2) is 42.7 Å². The maximum Gasteiger partial charge on any atom is 0.258 e. The van der Waals surface area contributed by atoms with E-state index in [9.17, 15) is 9.59 Å². The normalized spacial score (nSPS) is 14.3. The molecule has 6 nitrogen and oxygen atoms in total. The molecule has 3 rings (SSSR count). The summed E-state index contributed by atoms with van der Waals surface area (Å²) in [6.07, 6.45) is 4.55. The van der Waals surface area contributed by atoms with Gasteiger partial charge in [-0.25, -0.2) is 0 Å². The molecule has 124 valence electrons. The van der Waals surface area contributed by atoms with E-state index in [4.69, 9.17) is 4.74 Å². The van der Waals surface area contributed by atoms with Crippen LogP contribution in [-0.2, 0) is 16.0 Å². The zero-order valence-electron chi connectivity index (χ0n) is 13.4. The van der Waals surface area contributed by atoms with Gasteiger partial charge in [-0.3, -0.25) is 14.6 Å². The monoisotopic (exact) mass is 325 g/mol. The van der Waals surface area contributed by atoms with Gasteiger partial charge in [0.05, 0.1) is 6.04 Å². The summed E-state index contributed by atoms with van der Waals surface area (Å²) >= 11 is 0. The van der Waals surface area contributed by atoms with E-state index in [-0.39, 0.29) is 24.5 Å². The van der Waals surface area contributed by atoms with Crippen LogP contribution in [0, 0.1) is 0 Å². The van der Waals surface area contributed by atoms with Gasteiger partial charge in [0.2, 0.25) is 5.91 Å². The third-order valence-electron chi connectivity index (χ3n) is 3.93. The van der Waals surface area contributed by atoms with Gasteiger partial charge in [0.1, 0.15) is 5.75 Å². The Morgan fingerprint density at radius 2 is 2.08 bits per heavy atom. The smallest absolute Gasteiger partial charge is 0.258 e. The van der Waals surface area contributed by atoms with Gasteiger partial charge in [-0.2, -0.15) is 0 Å². The highest BCUT2D eigenvalue weighted by Crippen LogP contribution is 2.26. The number of carbonyl (C=O) groups is 2. The fraction of sp³-hybridized carbons (Fsp3) is 0.278. The summed E-state index contributed by atoms with van der Waals surface area (Å²) in [5.74, 6) is 0.461. The zero-order chi connectivity index (χ0) is 16.9. The molecule has 1 aliphatic heterocycles. The van der Waals surface area contributed by atoms with E-state index in [1.165, 1.54) is 0 Å². The number of benzene rings is 1. The lowest BCUT2D eigenvalue weighted by atomic mass is 10.0. The molecule has 0 bridgehead atoms. The van der Waals surface area contributed by atoms with Crippen molar-refractivity contribution in [2.75, 3.05) is 11.9 Å². The van der Waals surface area contributed by atoms with Crippen molar-refractivity contribution in [1.29, 1.82) is 0 Å². The minimum absolute atomic E-state index is 0.0284. The first-order valence-electron chi connectivity index (χ1n) is 7.86. The van der Waals surface area contributed by atoms with Crippen LogP contribution in [0.2, 0.25) is 0 Å². The average Bonchev–Trinajstić information content (AvgIpc) is 2.60. The minimum Gasteiger partial charge on any atom is -0.484 e. The van der Waals surface area contributed by atoms with Crippen LogP contribution in [0.1, 0.15) is 30.5 Å². The summed E-state index contributed by atoms with van der Waals surface area (Å²) in [7, 11) is 0. The number of nitrogens with zero attached hydrogens (tertiary/aromatic N) is 1. The van der Waals surface area contributed by atoms with Gasteiger partial charge in [-0.1, -0.05) is 0 Å². The third kappa shape index (κ3) is 3.90. The van der Waals surface area contributed by atoms with Crippen LogP contribution in [0.4, 0.5) is 5.69 Å². The molecule has 1 aliphatic rings. The van der Waals surface area contributed by atoms with Crippen molar-refractivity contribution in [2.45, 2.75) is 25.8 Å². The molecular weight excluding hydrogens is 306 g/mol. The molecule has 0 aliphatic carbocycles. The Bertz CT molecular complexity index is 746. The Morgan fingerprint density at radius 1 is 1.29 bits per heavy atom. The predicted octanol–water partition coefficient (Wildman–Crippen LogP) is 2.22. The molecule has 2 amide bonds. The van der Waals surface area contributed by atoms with E-state index >= 15 is 0 Å². The second-order valence-electron chi connectivity index (χ2n) is 5.73. The summed E-state index contributed by atoms with van der Waals surface area (Å²) in [5.41, 5.74) is 2.83. The van der Waals surface area contributed by atoms with E-state index in [2.05, 4.69) is 15.6 Å². The molecule has 0 radical (unpaired) electrons. The maximum absolute atomic E-state index is 12.0. The van der Waals surface area contributed by atoms with Crippen LogP contribution < -0.4 is 15.4 Å². The van der Waals surface area contributed by atoms with E-state index in [1.54, 1.807) is 24.5 Å². The number of carbonyl (C=O) groups excluding carboxylic acids is 2. The Kier molecular flexibility index (Phi) is 4.74. The van der Waals surface area contributed by atoms with E-state index in [1.807, 2.05) is 25.1 Å². The van der Waals surface area contributed by atoms with Gasteiger partial charge < -0.3 is 15.4 Å². The Hall–Kier alpha value is -2.89. The van der Waals surface area contributed by atoms with E-state index < -0.39 is 0 Å². The third-order valence-corrected chi connectivity index (χ3v) is 3.93. The van der Waals surface area contributed by atoms with Crippen LogP contribution in [-0.4, -0.2) is 23.4 Å². The molecule has 0 saturated carbocycles. The van der Waals surface area contributed by atoms with Crippen molar-refractivity contribution >= 4 is 17.5 Å². The van der Waals surface area contributed by atoms with Gasteiger partial charge >= 0.3 is 0 Å². The molecular formula is C18H19N3O3. The fourth-order valence-corrected chi connectivity index (χ4v) is 2.62. The number of anilines is 1. The number of aryl methyl sites for hydroxylation is 1. The Morgan fingerprint density at radius 3 is 2.88 bits per heavy atom. The standard InChI is InChI=1S/C18H19N3O3/c1-12(13-6-8-19-9-7-13)20-18(23)11-24-15-3-4-16-14(10-15)2-5-17(22)21-16/h3-4,6-10,12H,2,5,11H2,1H3,(H,20,23)(H,21,22). The van der Waals surface area contributed by atoms with Crippen LogP contribution in [0.25, 0.3) is 0 Å². The van der Waals surface area contributed by atoms with Gasteiger partial charge in [0, 0.05) is 24.5 Å². The van der Waals surface area contributed by atoms with Gasteiger partial charge in [-0.05, 0) is 54.8 Å². The van der Waals surface area contributed by atoms with Crippen LogP contribution in [0.5, 0.6) is 5.75 Å². The number of hydrogen-bond acceptors (Lipinski definition) is 4. The topological polar surface area (TPSA) is 80.3 Å². The van der Waals surface area contributed by atoms with Crippen molar-refractivity contribution in [3.63, 3.8) is 0 Å². The fourth-order valence-electron chi connectivity index (χ4n) is 2.62.